The Bertz CT molecular complexity index is 2290. The molecule has 5 aliphatic carbocycles. The molecule has 0 aromatic rings. The lowest BCUT2D eigenvalue weighted by molar-refractivity contribution is -0.392. The highest BCUT2D eigenvalue weighted by atomic mass is 16.8. The SMILES string of the molecule is C/C=C(\C)C(=O)O[C@H]1[C@H](O)[C@]2(COC(C)=O)[C@H](O)C[C@]3(C)C(=CC[C@@H]4[C@@]5(C)CC[C@H](O[C@@H]6O[C@H](C(=O)O)[C@@H](O[C@@H]7O[C@H](CO)[C@@H](O)[C@H](O)[C@H]7O)C(O)[C@H]6O[C@@H]6O[C@H](CO)[C@@H](O)[C@H](O)[C@H]6O)[C@](C)(CO)[C@@H]5CC[C@]43C)[C@@H]2CC1(C)C. The van der Waals surface area contributed by atoms with Crippen molar-refractivity contribution in [2.45, 2.75) is 224 Å². The predicted molar refractivity (Wildman–Crippen MR) is 269 cm³/mol. The minimum Gasteiger partial charge on any atom is -0.479 e. The van der Waals surface area contributed by atoms with Crippen LogP contribution >= 0.6 is 0 Å². The van der Waals surface area contributed by atoms with Gasteiger partial charge in [-0.2, -0.15) is 0 Å². The zero-order valence-electron chi connectivity index (χ0n) is 46.4. The maximum atomic E-state index is 13.3. The third-order valence-electron chi connectivity index (χ3n) is 21.0. The van der Waals surface area contributed by atoms with E-state index in [1.54, 1.807) is 19.9 Å². The first kappa shape index (κ1) is 62.2. The van der Waals surface area contributed by atoms with Crippen LogP contribution in [0.15, 0.2) is 23.3 Å². The summed E-state index contributed by atoms with van der Waals surface area (Å²) in [5.41, 5.74) is -3.78. The van der Waals surface area contributed by atoms with Gasteiger partial charge in [-0.15, -0.1) is 0 Å². The molecule has 13 N–H and O–H groups in total. The van der Waals surface area contributed by atoms with E-state index in [0.29, 0.717) is 37.7 Å². The summed E-state index contributed by atoms with van der Waals surface area (Å²) in [6, 6.07) is 0. The van der Waals surface area contributed by atoms with Crippen molar-refractivity contribution in [1.82, 2.24) is 0 Å². The van der Waals surface area contributed by atoms with Crippen LogP contribution in [-0.4, -0.2) is 227 Å². The average Bonchev–Trinajstić information content (AvgIpc) is 3.39. The molecule has 24 nitrogen and oxygen atoms in total. The molecule has 3 heterocycles. The highest BCUT2D eigenvalue weighted by molar-refractivity contribution is 5.87. The van der Waals surface area contributed by atoms with E-state index in [0.717, 1.165) is 5.57 Å². The van der Waals surface area contributed by atoms with Crippen LogP contribution in [0.4, 0.5) is 0 Å². The first-order chi connectivity index (χ1) is 36.9. The van der Waals surface area contributed by atoms with Gasteiger partial charge in [-0.3, -0.25) is 4.79 Å². The van der Waals surface area contributed by atoms with Gasteiger partial charge >= 0.3 is 17.9 Å². The second kappa shape index (κ2) is 22.6. The van der Waals surface area contributed by atoms with Crippen LogP contribution in [0.1, 0.15) is 107 Å². The largest absolute Gasteiger partial charge is 0.479 e. The van der Waals surface area contributed by atoms with Gasteiger partial charge in [0.25, 0.3) is 0 Å². The first-order valence-electron chi connectivity index (χ1n) is 27.7. The third kappa shape index (κ3) is 10.0. The summed E-state index contributed by atoms with van der Waals surface area (Å²) in [6.07, 6.45) is -26.8. The molecule has 0 aromatic heterocycles. The molecule has 3 aliphatic heterocycles. The number of allylic oxidation sites excluding steroid dienone is 3. The maximum Gasteiger partial charge on any atom is 0.335 e. The average molecular weight is 1130 g/mol. The number of fused-ring (bicyclic) bond motifs is 7. The molecule has 27 atom stereocenters. The maximum absolute atomic E-state index is 13.3. The van der Waals surface area contributed by atoms with Crippen LogP contribution < -0.4 is 0 Å². The quantitative estimate of drug-likeness (QED) is 0.0415. The second-order valence-corrected chi connectivity index (χ2v) is 25.6. The number of aliphatic hydroxyl groups is 12. The summed E-state index contributed by atoms with van der Waals surface area (Å²) >= 11 is 0. The molecule has 0 aromatic carbocycles. The van der Waals surface area contributed by atoms with Gasteiger partial charge in [-0.1, -0.05) is 59.3 Å². The van der Waals surface area contributed by atoms with E-state index in [4.69, 9.17) is 37.9 Å². The van der Waals surface area contributed by atoms with Crippen LogP contribution in [0.3, 0.4) is 0 Å². The first-order valence-corrected chi connectivity index (χ1v) is 27.7. The fraction of sp³-hybridized carbons (Fsp3) is 0.873. The van der Waals surface area contributed by atoms with E-state index in [1.165, 1.54) is 6.92 Å². The number of carbonyl (C=O) groups excluding carboxylic acids is 2. The van der Waals surface area contributed by atoms with Gasteiger partial charge in [0.05, 0.1) is 37.4 Å². The van der Waals surface area contributed by atoms with E-state index in [1.807, 2.05) is 20.8 Å². The number of aliphatic hydroxyl groups excluding tert-OH is 12. The zero-order valence-corrected chi connectivity index (χ0v) is 46.4. The Morgan fingerprint density at radius 1 is 0.696 bits per heavy atom. The molecular weight excluding hydrogens is 1040 g/mol. The number of rotatable bonds is 14. The summed E-state index contributed by atoms with van der Waals surface area (Å²) < 4.78 is 47.7. The molecule has 7 fully saturated rings. The van der Waals surface area contributed by atoms with Crippen molar-refractivity contribution in [3.05, 3.63) is 23.3 Å². The Morgan fingerprint density at radius 3 is 1.81 bits per heavy atom. The molecule has 0 bridgehead atoms. The molecule has 24 heteroatoms. The van der Waals surface area contributed by atoms with Crippen molar-refractivity contribution < 1.29 is 119 Å². The summed E-state index contributed by atoms with van der Waals surface area (Å²) in [5, 5.41) is 144. The molecule has 4 saturated carbocycles. The summed E-state index contributed by atoms with van der Waals surface area (Å²) in [4.78, 5) is 39.0. The number of carboxylic acid groups (broad SMARTS) is 1. The molecule has 0 spiro atoms. The van der Waals surface area contributed by atoms with Crippen LogP contribution in [0.5, 0.6) is 0 Å². The third-order valence-corrected chi connectivity index (χ3v) is 21.0. The monoisotopic (exact) mass is 1130 g/mol. The molecule has 1 unspecified atom stereocenters. The Hall–Kier alpha value is -2.83. The van der Waals surface area contributed by atoms with Gasteiger partial charge in [0.1, 0.15) is 86.0 Å². The van der Waals surface area contributed by atoms with Gasteiger partial charge < -0.3 is 104 Å². The van der Waals surface area contributed by atoms with Gasteiger partial charge in [0.15, 0.2) is 25.0 Å². The normalized spacial score (nSPS) is 50.6. The number of carboxylic acids is 1. The minimum atomic E-state index is -2.18. The Kier molecular flexibility index (Phi) is 17.8. The molecule has 3 saturated heterocycles. The van der Waals surface area contributed by atoms with Crippen molar-refractivity contribution in [3.8, 4) is 0 Å². The number of carbonyl (C=O) groups is 3. The lowest BCUT2D eigenvalue weighted by Gasteiger charge is -2.72. The molecule has 0 radical (unpaired) electrons. The van der Waals surface area contributed by atoms with Crippen LogP contribution in [0, 0.1) is 50.2 Å². The predicted octanol–water partition coefficient (Wildman–Crippen LogP) is -1.32. The molecule has 8 aliphatic rings. The highest BCUT2D eigenvalue weighted by Gasteiger charge is 2.74. The zero-order chi connectivity index (χ0) is 58.4. The molecular formula is C55H86O24. The topological polar surface area (TPSA) is 388 Å². The standard InChI is InChI=1S/C55H86O24/c1-10-23(2)46(71)79-44-43(68)55(22-72-24(3)59)26(17-50(44,4)5)25-11-12-30-51(6)15-14-32(52(7,21-58)29(51)13-16-53(30,8)54(25,9)18-31(55)60)75-49-41(77-48-38(66)36(64)34(62)28(20-57)74-48)39(67)40(42(78-49)45(69)70)76-47-37(65)35(63)33(61)27(19-56)73-47/h10-11,26-44,47-49,56-58,60-68H,12-22H2,1-9H3,(H,69,70)/b23-10+/t26-,27+,28+,29+,30+,31+,32-,33+,34+,35-,36-,37+,38+,39?,40-,41+,42-,43-,44-,47-,48-,49+,51-,52+,53+,54+,55-/m0/s1. The molecule has 450 valence electrons. The van der Waals surface area contributed by atoms with E-state index < -0.39 is 193 Å². The van der Waals surface area contributed by atoms with Crippen molar-refractivity contribution in [3.63, 3.8) is 0 Å². The smallest absolute Gasteiger partial charge is 0.335 e. The molecule has 79 heavy (non-hydrogen) atoms. The number of ether oxygens (including phenoxy) is 8. The van der Waals surface area contributed by atoms with Crippen LogP contribution in [0.25, 0.3) is 0 Å². The number of hydrogen-bond donors (Lipinski definition) is 13. The lowest BCUT2D eigenvalue weighted by Crippen LogP contribution is -2.72. The van der Waals surface area contributed by atoms with Gasteiger partial charge in [0.2, 0.25) is 0 Å². The second-order valence-electron chi connectivity index (χ2n) is 25.6. The molecule has 8 rings (SSSR count). The molecule has 0 amide bonds. The van der Waals surface area contributed by atoms with Crippen molar-refractivity contribution in [2.24, 2.45) is 50.2 Å². The van der Waals surface area contributed by atoms with Crippen LogP contribution in [0.2, 0.25) is 0 Å². The summed E-state index contributed by atoms with van der Waals surface area (Å²) in [6.45, 7) is 14.3. The lowest BCUT2D eigenvalue weighted by atomic mass is 9.33. The van der Waals surface area contributed by atoms with E-state index >= 15 is 0 Å². The van der Waals surface area contributed by atoms with Crippen molar-refractivity contribution in [2.75, 3.05) is 26.4 Å². The fourth-order valence-corrected chi connectivity index (χ4v) is 16.1. The summed E-state index contributed by atoms with van der Waals surface area (Å²) in [5.74, 6) is -3.82. The fourth-order valence-electron chi connectivity index (χ4n) is 16.1. The Morgan fingerprint density at radius 2 is 1.28 bits per heavy atom. The van der Waals surface area contributed by atoms with Crippen molar-refractivity contribution >= 4 is 17.9 Å². The van der Waals surface area contributed by atoms with Crippen molar-refractivity contribution in [1.29, 1.82) is 0 Å². The van der Waals surface area contributed by atoms with Crippen LogP contribution in [-0.2, 0) is 52.3 Å². The van der Waals surface area contributed by atoms with E-state index in [9.17, 15) is 80.8 Å². The van der Waals surface area contributed by atoms with E-state index in [-0.39, 0.29) is 31.3 Å². The van der Waals surface area contributed by atoms with Gasteiger partial charge in [0, 0.05) is 23.3 Å². The number of aliphatic carboxylic acids is 1. The Labute approximate surface area is 459 Å². The van der Waals surface area contributed by atoms with Gasteiger partial charge in [-0.05, 0) is 92.8 Å². The number of esters is 2. The Balaban J connectivity index is 1.11. The minimum absolute atomic E-state index is 0.0849. The van der Waals surface area contributed by atoms with E-state index in [2.05, 4.69) is 26.8 Å². The summed E-state index contributed by atoms with van der Waals surface area (Å²) in [7, 11) is 0. The number of hydrogen-bond acceptors (Lipinski definition) is 23. The van der Waals surface area contributed by atoms with Gasteiger partial charge in [-0.25, -0.2) is 9.59 Å². The highest BCUT2D eigenvalue weighted by Crippen LogP contribution is 2.76.